The molecule has 0 fully saturated rings. The Hall–Kier alpha value is -0.780. The van der Waals surface area contributed by atoms with Crippen LogP contribution in [-0.2, 0) is 0 Å². The molecule has 0 spiro atoms. The number of unbranched alkanes of at least 4 members (excludes halogenated alkanes) is 6. The van der Waals surface area contributed by atoms with Crippen LogP contribution < -0.4 is 0 Å². The zero-order valence-corrected chi connectivity index (χ0v) is 12.7. The Morgan fingerprint density at radius 2 is 1.12 bits per heavy atom. The molecular weight excluding hydrogens is 204 g/mol. The van der Waals surface area contributed by atoms with Gasteiger partial charge in [0.05, 0.1) is 0 Å². The van der Waals surface area contributed by atoms with Crippen molar-refractivity contribution in [3.8, 4) is 0 Å². The maximum Gasteiger partial charge on any atom is -0.0467 e. The second-order valence-corrected chi connectivity index (χ2v) is 3.94. The summed E-state index contributed by atoms with van der Waals surface area (Å²) in [5.41, 5.74) is 0. The van der Waals surface area contributed by atoms with Crippen molar-refractivity contribution in [2.24, 2.45) is 0 Å². The van der Waals surface area contributed by atoms with Gasteiger partial charge in [0.25, 0.3) is 0 Å². The van der Waals surface area contributed by atoms with Gasteiger partial charge in [-0.1, -0.05) is 89.7 Å². The Kier molecular flexibility index (Phi) is 37.3. The van der Waals surface area contributed by atoms with E-state index in [0.717, 1.165) is 0 Å². The van der Waals surface area contributed by atoms with Gasteiger partial charge in [0.1, 0.15) is 0 Å². The minimum absolute atomic E-state index is 1.37. The third-order valence-electron chi connectivity index (χ3n) is 2.04. The van der Waals surface area contributed by atoms with Crippen LogP contribution in [0.3, 0.4) is 0 Å². The van der Waals surface area contributed by atoms with Crippen LogP contribution in [0.5, 0.6) is 0 Å². The topological polar surface area (TPSA) is 0 Å². The first-order valence-corrected chi connectivity index (χ1v) is 7.05. The average molecular weight is 238 g/mol. The first kappa shape index (κ1) is 21.5. The van der Waals surface area contributed by atoms with Crippen LogP contribution >= 0.6 is 0 Å². The molecular formula is C17H34. The van der Waals surface area contributed by atoms with Gasteiger partial charge in [0.15, 0.2) is 0 Å². The van der Waals surface area contributed by atoms with Crippen LogP contribution in [0.1, 0.15) is 72.6 Å². The molecule has 0 aliphatic carbocycles. The van der Waals surface area contributed by atoms with E-state index < -0.39 is 0 Å². The summed E-state index contributed by atoms with van der Waals surface area (Å²) in [7, 11) is 0. The summed E-state index contributed by atoms with van der Waals surface area (Å²) in [6, 6.07) is 0. The lowest BCUT2D eigenvalue weighted by molar-refractivity contribution is 0.602. The van der Waals surface area contributed by atoms with Gasteiger partial charge in [0, 0.05) is 0 Å². The summed E-state index contributed by atoms with van der Waals surface area (Å²) in [6.45, 7) is 15.2. The molecule has 0 aromatic heterocycles. The third kappa shape index (κ3) is 51.0. The Labute approximate surface area is 111 Å². The predicted octanol–water partition coefficient (Wildman–Crippen LogP) is 6.70. The molecule has 0 aliphatic heterocycles. The van der Waals surface area contributed by atoms with Gasteiger partial charge in [-0.25, -0.2) is 0 Å². The van der Waals surface area contributed by atoms with Gasteiger partial charge in [-0.2, -0.15) is 0 Å². The van der Waals surface area contributed by atoms with Crippen molar-refractivity contribution in [3.05, 3.63) is 37.5 Å². The average Bonchev–Trinajstić information content (AvgIpc) is 2.32. The fourth-order valence-corrected chi connectivity index (χ4v) is 1.17. The van der Waals surface area contributed by atoms with Crippen molar-refractivity contribution in [1.82, 2.24) is 0 Å². The van der Waals surface area contributed by atoms with E-state index in [1.165, 1.54) is 44.9 Å². The SMILES string of the molecule is C=CC.C=CC=CC.CCCCCCCCC. The normalized spacial score (nSPS) is 8.71. The van der Waals surface area contributed by atoms with Gasteiger partial charge in [-0.3, -0.25) is 0 Å². The maximum atomic E-state index is 3.46. The highest BCUT2D eigenvalue weighted by Gasteiger charge is 1.85. The van der Waals surface area contributed by atoms with E-state index in [0.29, 0.717) is 0 Å². The Morgan fingerprint density at radius 1 is 0.765 bits per heavy atom. The first-order valence-electron chi connectivity index (χ1n) is 7.05. The standard InChI is InChI=1S/C9H20.C5H8.C3H6/c1-3-5-7-9-8-6-4-2;1-3-5-4-2;1-3-2/h3-9H2,1-2H3;3-5H,1H2,2H3;3H,1H2,2H3. The van der Waals surface area contributed by atoms with Crippen molar-refractivity contribution in [3.63, 3.8) is 0 Å². The van der Waals surface area contributed by atoms with E-state index in [4.69, 9.17) is 0 Å². The molecule has 0 saturated heterocycles. The van der Waals surface area contributed by atoms with Crippen molar-refractivity contribution >= 4 is 0 Å². The number of hydrogen-bond donors (Lipinski definition) is 0. The number of rotatable bonds is 7. The molecule has 0 radical (unpaired) electrons. The summed E-state index contributed by atoms with van der Waals surface area (Å²) in [5, 5.41) is 0. The Morgan fingerprint density at radius 3 is 1.29 bits per heavy atom. The monoisotopic (exact) mass is 238 g/mol. The van der Waals surface area contributed by atoms with Crippen molar-refractivity contribution in [2.45, 2.75) is 72.6 Å². The lowest BCUT2D eigenvalue weighted by Crippen LogP contribution is -1.76. The summed E-state index contributed by atoms with van der Waals surface area (Å²) >= 11 is 0. The van der Waals surface area contributed by atoms with Crippen molar-refractivity contribution in [1.29, 1.82) is 0 Å². The van der Waals surface area contributed by atoms with E-state index >= 15 is 0 Å². The van der Waals surface area contributed by atoms with E-state index in [9.17, 15) is 0 Å². The van der Waals surface area contributed by atoms with Crippen LogP contribution in [0.2, 0.25) is 0 Å². The van der Waals surface area contributed by atoms with Crippen LogP contribution in [0.15, 0.2) is 37.5 Å². The van der Waals surface area contributed by atoms with Crippen molar-refractivity contribution in [2.75, 3.05) is 0 Å². The van der Waals surface area contributed by atoms with Gasteiger partial charge < -0.3 is 0 Å². The summed E-state index contributed by atoms with van der Waals surface area (Å²) in [6.07, 6.45) is 17.3. The lowest BCUT2D eigenvalue weighted by atomic mass is 10.1. The molecule has 0 aromatic carbocycles. The molecule has 0 aromatic rings. The van der Waals surface area contributed by atoms with Crippen molar-refractivity contribution < 1.29 is 0 Å². The molecule has 0 unspecified atom stereocenters. The van der Waals surface area contributed by atoms with E-state index in [1.807, 2.05) is 26.0 Å². The Bertz CT molecular complexity index is 136. The van der Waals surface area contributed by atoms with Gasteiger partial charge in [-0.05, 0) is 13.8 Å². The molecule has 0 nitrogen and oxygen atoms in total. The fraction of sp³-hybridized carbons (Fsp3) is 0.647. The summed E-state index contributed by atoms with van der Waals surface area (Å²) in [4.78, 5) is 0. The van der Waals surface area contributed by atoms with E-state index in [1.54, 1.807) is 12.2 Å². The minimum atomic E-state index is 1.37. The van der Waals surface area contributed by atoms with E-state index in [2.05, 4.69) is 27.0 Å². The molecule has 17 heavy (non-hydrogen) atoms. The van der Waals surface area contributed by atoms with E-state index in [-0.39, 0.29) is 0 Å². The predicted molar refractivity (Wildman–Crippen MR) is 84.5 cm³/mol. The van der Waals surface area contributed by atoms with Gasteiger partial charge >= 0.3 is 0 Å². The molecule has 0 heteroatoms. The largest absolute Gasteiger partial charge is 0.103 e. The number of hydrogen-bond acceptors (Lipinski definition) is 0. The quantitative estimate of drug-likeness (QED) is 0.263. The Balaban J connectivity index is -0.000000207. The molecule has 0 saturated carbocycles. The fourth-order valence-electron chi connectivity index (χ4n) is 1.17. The molecule has 102 valence electrons. The highest BCUT2D eigenvalue weighted by molar-refractivity contribution is 4.94. The maximum absolute atomic E-state index is 3.46. The molecule has 0 heterocycles. The highest BCUT2D eigenvalue weighted by Crippen LogP contribution is 2.05. The van der Waals surface area contributed by atoms with Crippen LogP contribution in [0, 0.1) is 0 Å². The smallest absolute Gasteiger partial charge is 0.0467 e. The second-order valence-electron chi connectivity index (χ2n) is 3.94. The summed E-state index contributed by atoms with van der Waals surface area (Å²) in [5.74, 6) is 0. The first-order chi connectivity index (χ1) is 8.24. The third-order valence-corrected chi connectivity index (χ3v) is 2.04. The molecule has 0 N–H and O–H groups in total. The van der Waals surface area contributed by atoms with Crippen LogP contribution in [0.25, 0.3) is 0 Å². The van der Waals surface area contributed by atoms with Crippen LogP contribution in [-0.4, -0.2) is 0 Å². The minimum Gasteiger partial charge on any atom is -0.103 e. The molecule has 0 amide bonds. The molecule has 0 atom stereocenters. The molecule has 0 rings (SSSR count). The zero-order valence-electron chi connectivity index (χ0n) is 12.7. The molecule has 0 bridgehead atoms. The van der Waals surface area contributed by atoms with Gasteiger partial charge in [0.2, 0.25) is 0 Å². The number of allylic oxidation sites excluding steroid dienone is 4. The zero-order chi connectivity index (χ0) is 13.8. The summed E-state index contributed by atoms with van der Waals surface area (Å²) < 4.78 is 0. The second kappa shape index (κ2) is 29.5. The molecule has 0 aliphatic rings. The lowest BCUT2D eigenvalue weighted by Gasteiger charge is -1.96. The van der Waals surface area contributed by atoms with Gasteiger partial charge in [-0.15, -0.1) is 6.58 Å². The highest BCUT2D eigenvalue weighted by atomic mass is 13.9. The van der Waals surface area contributed by atoms with Crippen LogP contribution in [0.4, 0.5) is 0 Å².